The van der Waals surface area contributed by atoms with E-state index >= 15 is 0 Å². The fourth-order valence-corrected chi connectivity index (χ4v) is 1.96. The summed E-state index contributed by atoms with van der Waals surface area (Å²) >= 11 is 0. The molecule has 2 heteroatoms. The summed E-state index contributed by atoms with van der Waals surface area (Å²) in [7, 11) is 0. The maximum Gasteiger partial charge on any atom is 0.0740 e. The highest BCUT2D eigenvalue weighted by molar-refractivity contribution is 5.22. The van der Waals surface area contributed by atoms with Gasteiger partial charge in [-0.15, -0.1) is 0 Å². The van der Waals surface area contributed by atoms with E-state index in [1.54, 1.807) is 0 Å². The molecule has 1 N–H and O–H groups in total. The van der Waals surface area contributed by atoms with E-state index in [-0.39, 0.29) is 0 Å². The third kappa shape index (κ3) is 3.05. The second kappa shape index (κ2) is 4.77. The number of aryl methyl sites for hydroxylation is 1. The van der Waals surface area contributed by atoms with Gasteiger partial charge in [0.05, 0.1) is 12.7 Å². The zero-order valence-electron chi connectivity index (χ0n) is 9.49. The predicted molar refractivity (Wildman–Crippen MR) is 62.1 cm³/mol. The van der Waals surface area contributed by atoms with Gasteiger partial charge in [0.15, 0.2) is 0 Å². The monoisotopic (exact) mass is 205 g/mol. The Bertz CT molecular complexity index is 316. The Kier molecular flexibility index (Phi) is 3.39. The minimum absolute atomic E-state index is 0.336. The molecule has 1 aliphatic heterocycles. The molecule has 1 aromatic rings. The molecule has 0 aromatic heterocycles. The average Bonchev–Trinajstić information content (AvgIpc) is 2.22. The summed E-state index contributed by atoms with van der Waals surface area (Å²) in [5.74, 6) is 0. The lowest BCUT2D eigenvalue weighted by Crippen LogP contribution is -2.45. The highest BCUT2D eigenvalue weighted by atomic mass is 16.5. The van der Waals surface area contributed by atoms with Gasteiger partial charge in [-0.25, -0.2) is 0 Å². The van der Waals surface area contributed by atoms with Gasteiger partial charge in [0, 0.05) is 12.6 Å². The molecule has 2 unspecified atom stereocenters. The molecule has 1 heterocycles. The second-order valence-electron chi connectivity index (χ2n) is 4.46. The number of hydrogen-bond acceptors (Lipinski definition) is 2. The van der Waals surface area contributed by atoms with E-state index in [0.717, 1.165) is 19.6 Å². The van der Waals surface area contributed by atoms with Gasteiger partial charge in [-0.2, -0.15) is 0 Å². The largest absolute Gasteiger partial charge is 0.375 e. The Morgan fingerprint density at radius 2 is 2.33 bits per heavy atom. The molecule has 15 heavy (non-hydrogen) atoms. The Labute approximate surface area is 91.6 Å². The van der Waals surface area contributed by atoms with Crippen LogP contribution in [-0.4, -0.2) is 25.3 Å². The number of ether oxygens (including phenoxy) is 1. The molecule has 1 fully saturated rings. The fourth-order valence-electron chi connectivity index (χ4n) is 1.96. The van der Waals surface area contributed by atoms with Crippen molar-refractivity contribution in [1.29, 1.82) is 0 Å². The van der Waals surface area contributed by atoms with Gasteiger partial charge in [-0.3, -0.25) is 0 Å². The van der Waals surface area contributed by atoms with E-state index in [9.17, 15) is 0 Å². The van der Waals surface area contributed by atoms with Gasteiger partial charge in [0.1, 0.15) is 0 Å². The molecule has 1 aromatic carbocycles. The lowest BCUT2D eigenvalue weighted by atomic mass is 10.0. The highest BCUT2D eigenvalue weighted by Crippen LogP contribution is 2.11. The quantitative estimate of drug-likeness (QED) is 0.796. The SMILES string of the molecule is Cc1cccc(CC2CNC(C)CO2)c1. The summed E-state index contributed by atoms with van der Waals surface area (Å²) in [4.78, 5) is 0. The van der Waals surface area contributed by atoms with E-state index in [1.807, 2.05) is 0 Å². The predicted octanol–water partition coefficient (Wildman–Crippen LogP) is 1.91. The van der Waals surface area contributed by atoms with Crippen molar-refractivity contribution in [1.82, 2.24) is 5.32 Å². The van der Waals surface area contributed by atoms with Crippen LogP contribution in [0.25, 0.3) is 0 Å². The molecule has 1 saturated heterocycles. The maximum absolute atomic E-state index is 5.77. The number of rotatable bonds is 2. The number of benzene rings is 1. The van der Waals surface area contributed by atoms with Crippen LogP contribution in [0.1, 0.15) is 18.1 Å². The Hall–Kier alpha value is -0.860. The molecule has 0 amide bonds. The van der Waals surface area contributed by atoms with E-state index < -0.39 is 0 Å². The number of morpholine rings is 1. The first-order valence-electron chi connectivity index (χ1n) is 5.64. The van der Waals surface area contributed by atoms with Crippen molar-refractivity contribution in [2.45, 2.75) is 32.4 Å². The standard InChI is InChI=1S/C13H19NO/c1-10-4-3-5-12(6-10)7-13-8-14-11(2)9-15-13/h3-6,11,13-14H,7-9H2,1-2H3. The Morgan fingerprint density at radius 3 is 3.00 bits per heavy atom. The van der Waals surface area contributed by atoms with Crippen LogP contribution >= 0.6 is 0 Å². The zero-order chi connectivity index (χ0) is 10.7. The maximum atomic E-state index is 5.77. The number of hydrogen-bond donors (Lipinski definition) is 1. The van der Waals surface area contributed by atoms with Crippen LogP contribution in [-0.2, 0) is 11.2 Å². The topological polar surface area (TPSA) is 21.3 Å². The molecular weight excluding hydrogens is 186 g/mol. The van der Waals surface area contributed by atoms with Crippen LogP contribution in [0.15, 0.2) is 24.3 Å². The molecule has 0 bridgehead atoms. The van der Waals surface area contributed by atoms with Gasteiger partial charge in [-0.1, -0.05) is 29.8 Å². The van der Waals surface area contributed by atoms with Gasteiger partial charge < -0.3 is 10.1 Å². The summed E-state index contributed by atoms with van der Waals surface area (Å²) in [5.41, 5.74) is 2.70. The molecular formula is C13H19NO. The van der Waals surface area contributed by atoms with Crippen molar-refractivity contribution >= 4 is 0 Å². The third-order valence-corrected chi connectivity index (χ3v) is 2.82. The van der Waals surface area contributed by atoms with E-state index in [4.69, 9.17) is 4.74 Å². The van der Waals surface area contributed by atoms with Crippen molar-refractivity contribution in [2.75, 3.05) is 13.2 Å². The highest BCUT2D eigenvalue weighted by Gasteiger charge is 2.17. The van der Waals surface area contributed by atoms with Crippen LogP contribution < -0.4 is 5.32 Å². The summed E-state index contributed by atoms with van der Waals surface area (Å²) in [5, 5.41) is 3.44. The van der Waals surface area contributed by atoms with Crippen LogP contribution in [0.2, 0.25) is 0 Å². The van der Waals surface area contributed by atoms with Crippen LogP contribution in [0, 0.1) is 6.92 Å². The first-order chi connectivity index (χ1) is 7.24. The molecule has 2 rings (SSSR count). The Balaban J connectivity index is 1.92. The normalized spacial score (nSPS) is 26.5. The molecule has 2 atom stereocenters. The Morgan fingerprint density at radius 1 is 1.47 bits per heavy atom. The lowest BCUT2D eigenvalue weighted by molar-refractivity contribution is 0.00881. The van der Waals surface area contributed by atoms with Gasteiger partial charge >= 0.3 is 0 Å². The molecule has 1 aliphatic rings. The lowest BCUT2D eigenvalue weighted by Gasteiger charge is -2.28. The van der Waals surface area contributed by atoms with Crippen LogP contribution in [0.5, 0.6) is 0 Å². The zero-order valence-corrected chi connectivity index (χ0v) is 9.49. The molecule has 0 radical (unpaired) electrons. The van der Waals surface area contributed by atoms with Gasteiger partial charge in [0.2, 0.25) is 0 Å². The third-order valence-electron chi connectivity index (χ3n) is 2.82. The summed E-state index contributed by atoms with van der Waals surface area (Å²) in [6, 6.07) is 9.16. The summed E-state index contributed by atoms with van der Waals surface area (Å²) in [6.07, 6.45) is 1.35. The van der Waals surface area contributed by atoms with Crippen molar-refractivity contribution in [2.24, 2.45) is 0 Å². The fraction of sp³-hybridized carbons (Fsp3) is 0.538. The van der Waals surface area contributed by atoms with Crippen LogP contribution in [0.3, 0.4) is 0 Å². The van der Waals surface area contributed by atoms with Gasteiger partial charge in [0.25, 0.3) is 0 Å². The minimum atomic E-state index is 0.336. The van der Waals surface area contributed by atoms with Crippen molar-refractivity contribution in [3.63, 3.8) is 0 Å². The second-order valence-corrected chi connectivity index (χ2v) is 4.46. The van der Waals surface area contributed by atoms with E-state index in [1.165, 1.54) is 11.1 Å². The minimum Gasteiger partial charge on any atom is -0.375 e. The van der Waals surface area contributed by atoms with E-state index in [2.05, 4.69) is 43.4 Å². The summed E-state index contributed by atoms with van der Waals surface area (Å²) < 4.78 is 5.77. The molecule has 0 saturated carbocycles. The molecule has 0 aliphatic carbocycles. The average molecular weight is 205 g/mol. The smallest absolute Gasteiger partial charge is 0.0740 e. The summed E-state index contributed by atoms with van der Waals surface area (Å²) in [6.45, 7) is 6.08. The van der Waals surface area contributed by atoms with Gasteiger partial charge in [-0.05, 0) is 25.8 Å². The first kappa shape index (κ1) is 10.7. The molecule has 82 valence electrons. The van der Waals surface area contributed by atoms with Crippen molar-refractivity contribution in [3.8, 4) is 0 Å². The van der Waals surface area contributed by atoms with Crippen LogP contribution in [0.4, 0.5) is 0 Å². The van der Waals surface area contributed by atoms with E-state index in [0.29, 0.717) is 12.1 Å². The molecule has 0 spiro atoms. The van der Waals surface area contributed by atoms with Crippen molar-refractivity contribution < 1.29 is 4.74 Å². The number of nitrogens with one attached hydrogen (secondary N) is 1. The molecule has 2 nitrogen and oxygen atoms in total. The van der Waals surface area contributed by atoms with Crippen molar-refractivity contribution in [3.05, 3.63) is 35.4 Å². The first-order valence-corrected chi connectivity index (χ1v) is 5.64.